The summed E-state index contributed by atoms with van der Waals surface area (Å²) in [7, 11) is 1.59. The van der Waals surface area contributed by atoms with Gasteiger partial charge in [0.25, 0.3) is 5.89 Å². The van der Waals surface area contributed by atoms with E-state index >= 15 is 0 Å². The van der Waals surface area contributed by atoms with Gasteiger partial charge >= 0.3 is 0 Å². The van der Waals surface area contributed by atoms with Crippen molar-refractivity contribution < 1.29 is 9.26 Å². The van der Waals surface area contributed by atoms with E-state index in [9.17, 15) is 0 Å². The van der Waals surface area contributed by atoms with E-state index in [0.29, 0.717) is 11.5 Å². The lowest BCUT2D eigenvalue weighted by Gasteiger charge is -2.10. The summed E-state index contributed by atoms with van der Waals surface area (Å²) in [5, 5.41) is 3.95. The predicted molar refractivity (Wildman–Crippen MR) is 75.0 cm³/mol. The van der Waals surface area contributed by atoms with Crippen LogP contribution in [0.3, 0.4) is 0 Å². The zero-order valence-corrected chi connectivity index (χ0v) is 11.3. The highest BCUT2D eigenvalue weighted by molar-refractivity contribution is 5.61. The van der Waals surface area contributed by atoms with Crippen molar-refractivity contribution in [3.05, 3.63) is 54.1 Å². The maximum Gasteiger partial charge on any atom is 0.280 e. The molecule has 21 heavy (non-hydrogen) atoms. The minimum atomic E-state index is -0.415. The Morgan fingerprint density at radius 1 is 1.14 bits per heavy atom. The largest absolute Gasteiger partial charge is 0.382 e. The average molecular weight is 283 g/mol. The van der Waals surface area contributed by atoms with Crippen molar-refractivity contribution in [1.82, 2.24) is 20.1 Å². The Morgan fingerprint density at radius 2 is 1.90 bits per heavy atom. The highest BCUT2D eigenvalue weighted by Gasteiger charge is 2.21. The number of aromatic nitrogens is 4. The highest BCUT2D eigenvalue weighted by atomic mass is 16.5. The molecule has 1 unspecified atom stereocenters. The molecule has 2 N–H and O–H groups in total. The number of nitrogens with zero attached hydrogens (tertiary/aromatic N) is 4. The Hall–Kier alpha value is -2.80. The van der Waals surface area contributed by atoms with Crippen LogP contribution in [0.5, 0.6) is 0 Å². The molecule has 0 spiro atoms. The monoisotopic (exact) mass is 283 g/mol. The van der Waals surface area contributed by atoms with Crippen LogP contribution in [-0.2, 0) is 4.74 Å². The van der Waals surface area contributed by atoms with Crippen molar-refractivity contribution in [2.24, 2.45) is 0 Å². The molecule has 0 amide bonds. The van der Waals surface area contributed by atoms with Crippen LogP contribution in [-0.4, -0.2) is 27.2 Å². The SMILES string of the molecule is COC(c1ccccc1)c1noc(-c2nccnc2N)n1. The van der Waals surface area contributed by atoms with Crippen LogP contribution in [0.15, 0.2) is 47.2 Å². The molecule has 0 fully saturated rings. The van der Waals surface area contributed by atoms with Crippen molar-refractivity contribution in [1.29, 1.82) is 0 Å². The third-order valence-corrected chi connectivity index (χ3v) is 2.94. The Morgan fingerprint density at radius 3 is 2.62 bits per heavy atom. The molecule has 2 aromatic heterocycles. The molecule has 3 rings (SSSR count). The number of hydrogen-bond donors (Lipinski definition) is 1. The van der Waals surface area contributed by atoms with Crippen molar-refractivity contribution in [3.8, 4) is 11.6 Å². The molecule has 7 nitrogen and oxygen atoms in total. The molecule has 0 saturated heterocycles. The molecule has 106 valence electrons. The van der Waals surface area contributed by atoms with Gasteiger partial charge in [-0.1, -0.05) is 35.5 Å². The minimum Gasteiger partial charge on any atom is -0.382 e. The zero-order valence-electron chi connectivity index (χ0n) is 11.3. The topological polar surface area (TPSA) is 100.0 Å². The van der Waals surface area contributed by atoms with Gasteiger partial charge in [-0.25, -0.2) is 9.97 Å². The Labute approximate surface area is 120 Å². The van der Waals surface area contributed by atoms with Gasteiger partial charge in [0, 0.05) is 19.5 Å². The molecule has 0 aliphatic carbocycles. The van der Waals surface area contributed by atoms with E-state index in [0.717, 1.165) is 5.56 Å². The van der Waals surface area contributed by atoms with E-state index in [1.54, 1.807) is 7.11 Å². The number of methoxy groups -OCH3 is 1. The smallest absolute Gasteiger partial charge is 0.280 e. The summed E-state index contributed by atoms with van der Waals surface area (Å²) in [6.07, 6.45) is 2.60. The van der Waals surface area contributed by atoms with Gasteiger partial charge in [-0.3, -0.25) is 0 Å². The normalized spacial score (nSPS) is 12.2. The maximum atomic E-state index is 5.75. The predicted octanol–water partition coefficient (Wildman–Crippen LogP) is 1.84. The first-order valence-corrected chi connectivity index (χ1v) is 6.28. The molecular weight excluding hydrogens is 270 g/mol. The van der Waals surface area contributed by atoms with Gasteiger partial charge in [0.05, 0.1) is 0 Å². The Balaban J connectivity index is 1.96. The lowest BCUT2D eigenvalue weighted by atomic mass is 10.1. The quantitative estimate of drug-likeness (QED) is 0.779. The molecule has 0 bridgehead atoms. The third-order valence-electron chi connectivity index (χ3n) is 2.94. The van der Waals surface area contributed by atoms with E-state index < -0.39 is 6.10 Å². The van der Waals surface area contributed by atoms with Crippen LogP contribution in [0.4, 0.5) is 5.82 Å². The van der Waals surface area contributed by atoms with Gasteiger partial charge < -0.3 is 15.0 Å². The fourth-order valence-electron chi connectivity index (χ4n) is 1.97. The van der Waals surface area contributed by atoms with Crippen LogP contribution < -0.4 is 5.73 Å². The number of nitrogen functional groups attached to an aromatic ring is 1. The number of rotatable bonds is 4. The molecule has 7 heteroatoms. The molecule has 0 aliphatic rings. The van der Waals surface area contributed by atoms with Gasteiger partial charge in [0.15, 0.2) is 11.5 Å². The zero-order chi connectivity index (χ0) is 14.7. The van der Waals surface area contributed by atoms with E-state index in [4.69, 9.17) is 15.0 Å². The number of anilines is 1. The second kappa shape index (κ2) is 5.68. The van der Waals surface area contributed by atoms with Crippen molar-refractivity contribution in [3.63, 3.8) is 0 Å². The van der Waals surface area contributed by atoms with Crippen LogP contribution in [0.25, 0.3) is 11.6 Å². The summed E-state index contributed by atoms with van der Waals surface area (Å²) in [5.74, 6) is 0.860. The highest BCUT2D eigenvalue weighted by Crippen LogP contribution is 2.26. The Kier molecular flexibility index (Phi) is 3.57. The fraction of sp³-hybridized carbons (Fsp3) is 0.143. The third kappa shape index (κ3) is 2.59. The van der Waals surface area contributed by atoms with Gasteiger partial charge in [0.2, 0.25) is 5.82 Å². The van der Waals surface area contributed by atoms with Gasteiger partial charge in [0.1, 0.15) is 6.10 Å². The second-order valence-electron chi connectivity index (χ2n) is 4.27. The van der Waals surface area contributed by atoms with Crippen molar-refractivity contribution in [2.45, 2.75) is 6.10 Å². The number of benzene rings is 1. The van der Waals surface area contributed by atoms with Crippen LogP contribution in [0.1, 0.15) is 17.5 Å². The van der Waals surface area contributed by atoms with Gasteiger partial charge in [-0.2, -0.15) is 4.98 Å². The fourth-order valence-corrected chi connectivity index (χ4v) is 1.97. The first kappa shape index (κ1) is 13.2. The first-order chi connectivity index (χ1) is 10.3. The standard InChI is InChI=1S/C14H13N5O2/c1-20-11(9-5-3-2-4-6-9)13-18-14(21-19-13)10-12(15)17-8-7-16-10/h2-8,11H,1H3,(H2,15,17). The maximum absolute atomic E-state index is 5.75. The van der Waals surface area contributed by atoms with E-state index in [1.165, 1.54) is 12.4 Å². The summed E-state index contributed by atoms with van der Waals surface area (Å²) >= 11 is 0. The first-order valence-electron chi connectivity index (χ1n) is 6.28. The van der Waals surface area contributed by atoms with Crippen molar-refractivity contribution in [2.75, 3.05) is 12.8 Å². The summed E-state index contributed by atoms with van der Waals surface area (Å²) in [6, 6.07) is 9.63. The van der Waals surface area contributed by atoms with E-state index in [-0.39, 0.29) is 11.7 Å². The number of nitrogens with two attached hydrogens (primary N) is 1. The van der Waals surface area contributed by atoms with E-state index in [1.807, 2.05) is 30.3 Å². The lowest BCUT2D eigenvalue weighted by molar-refractivity contribution is 0.126. The molecule has 0 saturated carbocycles. The molecule has 1 atom stereocenters. The lowest BCUT2D eigenvalue weighted by Crippen LogP contribution is -2.05. The van der Waals surface area contributed by atoms with Crippen LogP contribution in [0, 0.1) is 0 Å². The van der Waals surface area contributed by atoms with Crippen LogP contribution in [0.2, 0.25) is 0 Å². The molecule has 2 heterocycles. The summed E-state index contributed by atoms with van der Waals surface area (Å²) in [6.45, 7) is 0. The van der Waals surface area contributed by atoms with Gasteiger partial charge in [-0.05, 0) is 5.56 Å². The Bertz CT molecular complexity index is 729. The summed E-state index contributed by atoms with van der Waals surface area (Å²) in [4.78, 5) is 12.3. The molecular formula is C14H13N5O2. The number of ether oxygens (including phenoxy) is 1. The molecule has 0 radical (unpaired) electrons. The molecule has 3 aromatic rings. The van der Waals surface area contributed by atoms with Crippen LogP contribution >= 0.6 is 0 Å². The van der Waals surface area contributed by atoms with Crippen molar-refractivity contribution >= 4 is 5.82 Å². The number of hydrogen-bond acceptors (Lipinski definition) is 7. The van der Waals surface area contributed by atoms with E-state index in [2.05, 4.69) is 20.1 Å². The average Bonchev–Trinajstić information content (AvgIpc) is 2.99. The summed E-state index contributed by atoms with van der Waals surface area (Å²) in [5.41, 5.74) is 7.04. The minimum absolute atomic E-state index is 0.216. The van der Waals surface area contributed by atoms with Gasteiger partial charge in [-0.15, -0.1) is 0 Å². The summed E-state index contributed by atoms with van der Waals surface area (Å²) < 4.78 is 10.7. The molecule has 1 aromatic carbocycles. The molecule has 0 aliphatic heterocycles. The second-order valence-corrected chi connectivity index (χ2v) is 4.27.